The first-order valence-electron chi connectivity index (χ1n) is 19.1. The van der Waals surface area contributed by atoms with Crippen molar-refractivity contribution in [2.45, 2.75) is 187 Å². The molecule has 0 fully saturated rings. The Balaban J connectivity index is 4.86. The number of nitrogens with zero attached hydrogens (tertiary/aromatic N) is 1. The highest BCUT2D eigenvalue weighted by molar-refractivity contribution is 8.24. The van der Waals surface area contributed by atoms with Crippen LogP contribution in [0.15, 0.2) is 23.8 Å². The van der Waals surface area contributed by atoms with Gasteiger partial charge in [-0.3, -0.25) is 14.4 Å². The monoisotopic (exact) mass is 721 g/mol. The number of thiocarbonyl (C=S) groups is 1. The lowest BCUT2D eigenvalue weighted by Crippen LogP contribution is -2.31. The van der Waals surface area contributed by atoms with E-state index in [4.69, 9.17) is 26.4 Å². The molecule has 49 heavy (non-hydrogen) atoms. The van der Waals surface area contributed by atoms with Gasteiger partial charge in [0.25, 0.3) is 0 Å². The van der Waals surface area contributed by atoms with Gasteiger partial charge in [0.1, 0.15) is 18.0 Å². The molecule has 0 amide bonds. The van der Waals surface area contributed by atoms with E-state index < -0.39 is 16.8 Å². The van der Waals surface area contributed by atoms with Crippen molar-refractivity contribution in [2.24, 2.45) is 0 Å². The van der Waals surface area contributed by atoms with Crippen LogP contribution in [0.25, 0.3) is 0 Å². The summed E-state index contributed by atoms with van der Waals surface area (Å²) in [4.78, 5) is 37.8. The van der Waals surface area contributed by atoms with E-state index in [9.17, 15) is 19.6 Å². The number of hydrogen-bond acceptors (Lipinski definition) is 9. The van der Waals surface area contributed by atoms with Crippen molar-refractivity contribution in [3.63, 3.8) is 0 Å². The van der Waals surface area contributed by atoms with Crippen LogP contribution >= 0.6 is 24.0 Å². The average molecular weight is 722 g/mol. The molecule has 2 unspecified atom stereocenters. The van der Waals surface area contributed by atoms with Crippen molar-refractivity contribution in [3.8, 4) is 6.07 Å². The van der Waals surface area contributed by atoms with E-state index >= 15 is 0 Å². The van der Waals surface area contributed by atoms with E-state index in [-0.39, 0.29) is 44.4 Å². The van der Waals surface area contributed by atoms with Crippen LogP contribution in [0.5, 0.6) is 0 Å². The van der Waals surface area contributed by atoms with Gasteiger partial charge in [0.2, 0.25) is 0 Å². The molecule has 0 aromatic rings. The van der Waals surface area contributed by atoms with E-state index in [1.54, 1.807) is 6.92 Å². The Labute approximate surface area is 308 Å². The topological polar surface area (TPSA) is 103 Å². The maximum absolute atomic E-state index is 12.7. The van der Waals surface area contributed by atoms with Gasteiger partial charge in [0.05, 0.1) is 10.3 Å². The lowest BCUT2D eigenvalue weighted by molar-refractivity contribution is -0.167. The van der Waals surface area contributed by atoms with Gasteiger partial charge >= 0.3 is 17.9 Å². The van der Waals surface area contributed by atoms with Crippen LogP contribution < -0.4 is 0 Å². The number of ether oxygens (including phenoxy) is 3. The Bertz CT molecular complexity index is 1020. The van der Waals surface area contributed by atoms with Crippen molar-refractivity contribution in [3.05, 3.63) is 23.8 Å². The molecule has 0 aromatic heterocycles. The smallest absolute Gasteiger partial charge is 0.306 e. The van der Waals surface area contributed by atoms with Gasteiger partial charge in [-0.05, 0) is 45.6 Å². The standard InChI is InChI=1S/C40H67NO6S2/c1-6-10-12-14-16-18-20-22-24-27-36(42)45-31-35(47-38(44)28-25-23-21-19-17-15-13-11-7-2)32-46-37(43)29-30-40(5,33-41)49-39(48)34(9-4)26-8-3/h8-9,26,35H,6-7,10-25,27-32H2,1-5H3/b26-8-,34-9+. The molecule has 0 spiro atoms. The predicted molar refractivity (Wildman–Crippen MR) is 207 cm³/mol. The summed E-state index contributed by atoms with van der Waals surface area (Å²) in [6, 6.07) is 2.28. The number of thioether (sulfide) groups is 1. The second kappa shape index (κ2) is 31.8. The van der Waals surface area contributed by atoms with E-state index in [0.717, 1.165) is 44.1 Å². The van der Waals surface area contributed by atoms with Crippen LogP contribution in [0.2, 0.25) is 0 Å². The van der Waals surface area contributed by atoms with Crippen LogP contribution in [0.1, 0.15) is 176 Å². The third kappa shape index (κ3) is 27.3. The second-order valence-corrected chi connectivity index (χ2v) is 15.3. The van der Waals surface area contributed by atoms with E-state index in [0.29, 0.717) is 10.6 Å². The largest absolute Gasteiger partial charge is 0.462 e. The van der Waals surface area contributed by atoms with Gasteiger partial charge in [-0.2, -0.15) is 5.26 Å². The molecule has 280 valence electrons. The van der Waals surface area contributed by atoms with Crippen molar-refractivity contribution in [2.75, 3.05) is 13.2 Å². The zero-order chi connectivity index (χ0) is 36.6. The molecule has 0 saturated heterocycles. The van der Waals surface area contributed by atoms with Crippen molar-refractivity contribution in [1.29, 1.82) is 5.26 Å². The molecule has 0 bridgehead atoms. The lowest BCUT2D eigenvalue weighted by atomic mass is 10.1. The van der Waals surface area contributed by atoms with E-state index in [1.807, 2.05) is 32.1 Å². The molecule has 7 nitrogen and oxygen atoms in total. The lowest BCUT2D eigenvalue weighted by Gasteiger charge is -2.22. The Kier molecular flexibility index (Phi) is 30.4. The summed E-state index contributed by atoms with van der Waals surface area (Å²) < 4.78 is 16.2. The molecule has 0 aromatic carbocycles. The van der Waals surface area contributed by atoms with Crippen molar-refractivity contribution in [1.82, 2.24) is 0 Å². The number of nitriles is 1. The summed E-state index contributed by atoms with van der Waals surface area (Å²) in [5, 5.41) is 9.85. The first kappa shape index (κ1) is 46.8. The fraction of sp³-hybridized carbons (Fsp3) is 0.775. The van der Waals surface area contributed by atoms with Gasteiger partial charge in [0, 0.05) is 19.3 Å². The third-order valence-electron chi connectivity index (χ3n) is 8.38. The normalized spacial score (nSPS) is 13.4. The fourth-order valence-electron chi connectivity index (χ4n) is 5.23. The SMILES string of the molecule is C/C=C\C(=C/C)C(=S)SC(C)(C#N)CCC(=O)OCC(COC(=O)CCCCCCCCCCC)OC(=O)CCCCCCCCCCC. The average Bonchev–Trinajstić information content (AvgIpc) is 3.09. The van der Waals surface area contributed by atoms with E-state index in [1.165, 1.54) is 88.8 Å². The summed E-state index contributed by atoms with van der Waals surface area (Å²) in [6.45, 7) is 9.59. The Morgan fingerprint density at radius 2 is 1.14 bits per heavy atom. The quantitative estimate of drug-likeness (QED) is 0.0173. The van der Waals surface area contributed by atoms with Gasteiger partial charge in [-0.25, -0.2) is 0 Å². The third-order valence-corrected chi connectivity index (χ3v) is 10.0. The number of carbonyl (C=O) groups excluding carboxylic acids is 3. The minimum absolute atomic E-state index is 0.00797. The fourth-order valence-corrected chi connectivity index (χ4v) is 6.93. The van der Waals surface area contributed by atoms with Gasteiger partial charge in [-0.1, -0.05) is 159 Å². The molecular formula is C40H67NO6S2. The maximum atomic E-state index is 12.7. The second-order valence-electron chi connectivity index (χ2n) is 13.1. The number of carbonyl (C=O) groups is 3. The minimum atomic E-state index is -0.919. The Morgan fingerprint density at radius 1 is 0.714 bits per heavy atom. The Morgan fingerprint density at radius 3 is 1.57 bits per heavy atom. The van der Waals surface area contributed by atoms with Gasteiger partial charge < -0.3 is 14.2 Å². The van der Waals surface area contributed by atoms with Crippen molar-refractivity contribution >= 4 is 46.1 Å². The number of hydrogen-bond donors (Lipinski definition) is 0. The minimum Gasteiger partial charge on any atom is -0.462 e. The van der Waals surface area contributed by atoms with Crippen LogP contribution in [-0.2, 0) is 28.6 Å². The number of unbranched alkanes of at least 4 members (excludes halogenated alkanes) is 16. The summed E-state index contributed by atoms with van der Waals surface area (Å²) in [5.41, 5.74) is 0.853. The van der Waals surface area contributed by atoms with E-state index in [2.05, 4.69) is 19.9 Å². The highest BCUT2D eigenvalue weighted by atomic mass is 32.2. The first-order chi connectivity index (χ1) is 23.6. The van der Waals surface area contributed by atoms with Crippen molar-refractivity contribution < 1.29 is 28.6 Å². The molecule has 0 radical (unpaired) electrons. The highest BCUT2D eigenvalue weighted by Gasteiger charge is 2.29. The van der Waals surface area contributed by atoms with Gasteiger partial charge in [0.15, 0.2) is 6.10 Å². The molecule has 0 aliphatic carbocycles. The molecule has 0 aliphatic rings. The first-order valence-corrected chi connectivity index (χ1v) is 20.3. The van der Waals surface area contributed by atoms with Crippen LogP contribution in [0, 0.1) is 11.3 Å². The molecule has 0 aliphatic heterocycles. The highest BCUT2D eigenvalue weighted by Crippen LogP contribution is 2.33. The number of allylic oxidation sites excluding steroid dienone is 3. The van der Waals surface area contributed by atoms with Crippen LogP contribution in [0.3, 0.4) is 0 Å². The maximum Gasteiger partial charge on any atom is 0.306 e. The predicted octanol–water partition coefficient (Wildman–Crippen LogP) is 11.5. The molecule has 0 rings (SSSR count). The summed E-state index contributed by atoms with van der Waals surface area (Å²) >= 11 is 6.78. The number of esters is 3. The molecule has 0 heterocycles. The Hall–Kier alpha value is -2.18. The number of rotatable bonds is 31. The summed E-state index contributed by atoms with van der Waals surface area (Å²) in [5.74, 6) is -1.25. The molecule has 0 N–H and O–H groups in total. The molecule has 0 saturated carbocycles. The summed E-state index contributed by atoms with van der Waals surface area (Å²) in [6.07, 6.45) is 26.2. The molecule has 9 heteroatoms. The zero-order valence-corrected chi connectivity index (χ0v) is 33.1. The summed E-state index contributed by atoms with van der Waals surface area (Å²) in [7, 11) is 0. The molecule has 2 atom stereocenters. The van der Waals surface area contributed by atoms with Crippen LogP contribution in [0.4, 0.5) is 0 Å². The zero-order valence-electron chi connectivity index (χ0n) is 31.5. The van der Waals surface area contributed by atoms with Gasteiger partial charge in [-0.15, -0.1) is 0 Å². The van der Waals surface area contributed by atoms with Crippen LogP contribution in [-0.4, -0.2) is 46.2 Å². The molecular weight excluding hydrogens is 655 g/mol.